The van der Waals surface area contributed by atoms with Crippen LogP contribution in [0.5, 0.6) is 5.75 Å². The first-order valence-electron chi connectivity index (χ1n) is 12.9. The largest absolute Gasteiger partial charge is 0.489 e. The topological polar surface area (TPSA) is 32.7 Å². The molecule has 0 saturated heterocycles. The zero-order chi connectivity index (χ0) is 26.1. The van der Waals surface area contributed by atoms with Crippen LogP contribution >= 0.6 is 12.4 Å². The molecule has 5 heteroatoms. The molecule has 1 atom stereocenters. The lowest BCUT2D eigenvalue weighted by molar-refractivity contribution is 0.0390. The Balaban J connectivity index is 0.00000400. The first kappa shape index (κ1) is 29.4. The van der Waals surface area contributed by atoms with E-state index in [2.05, 4.69) is 30.9 Å². The van der Waals surface area contributed by atoms with Crippen molar-refractivity contribution < 1.29 is 14.2 Å². The van der Waals surface area contributed by atoms with Crippen LogP contribution in [0.2, 0.25) is 0 Å². The molecule has 0 aliphatic carbocycles. The lowest BCUT2D eigenvalue weighted by Gasteiger charge is -2.40. The van der Waals surface area contributed by atoms with Crippen LogP contribution in [-0.2, 0) is 19.6 Å². The van der Waals surface area contributed by atoms with E-state index in [1.807, 2.05) is 84.9 Å². The van der Waals surface area contributed by atoms with E-state index >= 15 is 0 Å². The maximum atomic E-state index is 13.4. The van der Waals surface area contributed by atoms with Crippen molar-refractivity contribution in [2.24, 2.45) is 0 Å². The third-order valence-electron chi connectivity index (χ3n) is 6.90. The Morgan fingerprint density at radius 2 is 1.42 bits per heavy atom. The van der Waals surface area contributed by atoms with E-state index in [4.69, 9.17) is 4.74 Å². The summed E-state index contributed by atoms with van der Waals surface area (Å²) in [7, 11) is 0. The molecule has 1 unspecified atom stereocenters. The summed E-state index contributed by atoms with van der Waals surface area (Å²) in [5.74, 6) is 0.525. The van der Waals surface area contributed by atoms with Gasteiger partial charge in [0.05, 0.1) is 6.10 Å². The average Bonchev–Trinajstić information content (AvgIpc) is 2.92. The van der Waals surface area contributed by atoms with Gasteiger partial charge in [0.15, 0.2) is 0 Å². The van der Waals surface area contributed by atoms with Gasteiger partial charge in [-0.1, -0.05) is 84.9 Å². The summed E-state index contributed by atoms with van der Waals surface area (Å²) in [6.45, 7) is 6.11. The van der Waals surface area contributed by atoms with Crippen molar-refractivity contribution in [3.63, 3.8) is 0 Å². The number of hydrogen-bond donors (Lipinski definition) is 1. The molecule has 38 heavy (non-hydrogen) atoms. The van der Waals surface area contributed by atoms with Gasteiger partial charge in [-0.15, -0.1) is 12.4 Å². The minimum Gasteiger partial charge on any atom is -0.489 e. The molecule has 0 aliphatic rings. The number of benzene rings is 4. The molecular formula is C33H37ClFNO2. The van der Waals surface area contributed by atoms with Crippen LogP contribution < -0.4 is 4.74 Å². The number of aliphatic hydroxyl groups is 1. The van der Waals surface area contributed by atoms with Crippen LogP contribution in [0.15, 0.2) is 109 Å². The van der Waals surface area contributed by atoms with Gasteiger partial charge >= 0.3 is 0 Å². The number of aliphatic hydroxyl groups excluding tert-OH is 1. The first-order chi connectivity index (χ1) is 17.9. The van der Waals surface area contributed by atoms with Gasteiger partial charge in [0.2, 0.25) is 0 Å². The third kappa shape index (κ3) is 8.70. The Morgan fingerprint density at radius 1 is 0.789 bits per heavy atom. The summed E-state index contributed by atoms with van der Waals surface area (Å²) in [5.41, 5.74) is 4.04. The maximum absolute atomic E-state index is 13.4. The Labute approximate surface area is 232 Å². The Hall–Kier alpha value is -3.18. The summed E-state index contributed by atoms with van der Waals surface area (Å²) in [6, 6.07) is 34.9. The van der Waals surface area contributed by atoms with Crippen molar-refractivity contribution in [1.29, 1.82) is 0 Å². The number of rotatable bonds is 12. The zero-order valence-corrected chi connectivity index (χ0v) is 22.9. The van der Waals surface area contributed by atoms with E-state index in [1.54, 1.807) is 0 Å². The predicted octanol–water partition coefficient (Wildman–Crippen LogP) is 7.77. The van der Waals surface area contributed by atoms with E-state index < -0.39 is 6.10 Å². The summed E-state index contributed by atoms with van der Waals surface area (Å²) >= 11 is 0. The minimum absolute atomic E-state index is 0. The van der Waals surface area contributed by atoms with Gasteiger partial charge < -0.3 is 9.84 Å². The van der Waals surface area contributed by atoms with E-state index in [1.165, 1.54) is 17.7 Å². The molecule has 200 valence electrons. The molecule has 0 heterocycles. The monoisotopic (exact) mass is 533 g/mol. The van der Waals surface area contributed by atoms with Crippen molar-refractivity contribution in [2.75, 3.05) is 6.54 Å². The standard InChI is InChI=1S/C33H36FNO2.ClH/c1-33(2,21-20-26-16-18-30(34)19-17-26)35(23-27-10-5-3-6-11-27)24-32(36)29-14-9-15-31(22-29)37-25-28-12-7-4-8-13-28;/h3-19,22,32,36H,20-21,23-25H2,1-2H3;1H. The van der Waals surface area contributed by atoms with Crippen LogP contribution in [0, 0.1) is 5.82 Å². The van der Waals surface area contributed by atoms with Gasteiger partial charge in [0, 0.05) is 18.6 Å². The third-order valence-corrected chi connectivity index (χ3v) is 6.90. The van der Waals surface area contributed by atoms with Crippen molar-refractivity contribution >= 4 is 12.4 Å². The second-order valence-corrected chi connectivity index (χ2v) is 10.2. The number of aryl methyl sites for hydroxylation is 1. The summed E-state index contributed by atoms with van der Waals surface area (Å²) in [5, 5.41) is 11.3. The fourth-order valence-corrected chi connectivity index (χ4v) is 4.46. The maximum Gasteiger partial charge on any atom is 0.123 e. The van der Waals surface area contributed by atoms with Crippen LogP contribution in [-0.4, -0.2) is 22.1 Å². The highest BCUT2D eigenvalue weighted by molar-refractivity contribution is 5.85. The fourth-order valence-electron chi connectivity index (χ4n) is 4.46. The lowest BCUT2D eigenvalue weighted by Crippen LogP contribution is -2.45. The average molecular weight is 534 g/mol. The number of hydrogen-bond acceptors (Lipinski definition) is 3. The lowest BCUT2D eigenvalue weighted by atomic mass is 9.91. The molecule has 0 amide bonds. The van der Waals surface area contributed by atoms with Crippen LogP contribution in [0.3, 0.4) is 0 Å². The Bertz CT molecular complexity index is 1230. The minimum atomic E-state index is -0.672. The fraction of sp³-hybridized carbons (Fsp3) is 0.273. The van der Waals surface area contributed by atoms with Crippen molar-refractivity contribution in [2.45, 2.75) is 51.5 Å². The molecule has 4 rings (SSSR count). The number of nitrogens with zero attached hydrogens (tertiary/aromatic N) is 1. The van der Waals surface area contributed by atoms with Gasteiger partial charge in [0.1, 0.15) is 18.2 Å². The van der Waals surface area contributed by atoms with Gasteiger partial charge in [-0.05, 0) is 73.2 Å². The number of β-amino-alcohol motifs (C(OH)–C–C–N with tert-alkyl or cyclic N) is 1. The molecule has 3 nitrogen and oxygen atoms in total. The van der Waals surface area contributed by atoms with Crippen molar-refractivity contribution in [3.05, 3.63) is 137 Å². The molecule has 0 fully saturated rings. The highest BCUT2D eigenvalue weighted by atomic mass is 35.5. The van der Waals surface area contributed by atoms with E-state index in [0.717, 1.165) is 41.8 Å². The normalized spacial score (nSPS) is 12.1. The number of halogens is 2. The highest BCUT2D eigenvalue weighted by Gasteiger charge is 2.29. The van der Waals surface area contributed by atoms with Crippen molar-refractivity contribution in [1.82, 2.24) is 4.90 Å². The van der Waals surface area contributed by atoms with Crippen LogP contribution in [0.4, 0.5) is 4.39 Å². The smallest absolute Gasteiger partial charge is 0.123 e. The highest BCUT2D eigenvalue weighted by Crippen LogP contribution is 2.28. The van der Waals surface area contributed by atoms with Crippen molar-refractivity contribution in [3.8, 4) is 5.75 Å². The van der Waals surface area contributed by atoms with Gasteiger partial charge in [-0.25, -0.2) is 4.39 Å². The summed E-state index contributed by atoms with van der Waals surface area (Å²) in [6.07, 6.45) is 1.03. The molecule has 0 aromatic heterocycles. The molecular weight excluding hydrogens is 497 g/mol. The van der Waals surface area contributed by atoms with Gasteiger partial charge in [-0.3, -0.25) is 4.90 Å². The first-order valence-corrected chi connectivity index (χ1v) is 12.9. The molecule has 0 radical (unpaired) electrons. The second-order valence-electron chi connectivity index (χ2n) is 10.2. The zero-order valence-electron chi connectivity index (χ0n) is 22.1. The Morgan fingerprint density at radius 3 is 2.08 bits per heavy atom. The SMILES string of the molecule is CC(C)(CCc1ccc(F)cc1)N(Cc1ccccc1)CC(O)c1cccc(OCc2ccccc2)c1.Cl. The van der Waals surface area contributed by atoms with Gasteiger partial charge in [-0.2, -0.15) is 0 Å². The molecule has 1 N–H and O–H groups in total. The summed E-state index contributed by atoms with van der Waals surface area (Å²) in [4.78, 5) is 2.34. The molecule has 4 aromatic carbocycles. The second kappa shape index (κ2) is 14.1. The molecule has 0 spiro atoms. The van der Waals surface area contributed by atoms with Crippen LogP contribution in [0.1, 0.15) is 48.6 Å². The van der Waals surface area contributed by atoms with E-state index in [9.17, 15) is 9.50 Å². The molecule has 0 bridgehead atoms. The van der Waals surface area contributed by atoms with E-state index in [-0.39, 0.29) is 23.8 Å². The predicted molar refractivity (Wildman–Crippen MR) is 155 cm³/mol. The summed E-state index contributed by atoms with van der Waals surface area (Å²) < 4.78 is 19.3. The molecule has 4 aromatic rings. The quantitative estimate of drug-likeness (QED) is 0.202. The van der Waals surface area contributed by atoms with Gasteiger partial charge in [0.25, 0.3) is 0 Å². The Kier molecular flexibility index (Phi) is 10.9. The molecule has 0 saturated carbocycles. The molecule has 0 aliphatic heterocycles. The number of ether oxygens (including phenoxy) is 1. The van der Waals surface area contributed by atoms with Crippen LogP contribution in [0.25, 0.3) is 0 Å². The van der Waals surface area contributed by atoms with E-state index in [0.29, 0.717) is 13.2 Å².